The van der Waals surface area contributed by atoms with E-state index in [4.69, 9.17) is 9.41 Å². The Hall–Kier alpha value is -2.80. The minimum Gasteiger partial charge on any atom is -0.465 e. The summed E-state index contributed by atoms with van der Waals surface area (Å²) in [5.41, 5.74) is 0.514. The van der Waals surface area contributed by atoms with Crippen LogP contribution in [0.15, 0.2) is 63.2 Å². The maximum absolute atomic E-state index is 12.7. The van der Waals surface area contributed by atoms with E-state index in [0.29, 0.717) is 10.9 Å². The first kappa shape index (κ1) is 15.7. The number of hydrogen-bond acceptors (Lipinski definition) is 6. The molecule has 0 bridgehead atoms. The van der Waals surface area contributed by atoms with Gasteiger partial charge >= 0.3 is 0 Å². The highest BCUT2D eigenvalue weighted by Gasteiger charge is 2.32. The van der Waals surface area contributed by atoms with Gasteiger partial charge in [-0.15, -0.1) is 5.10 Å². The summed E-state index contributed by atoms with van der Waals surface area (Å²) in [6, 6.07) is 11.3. The summed E-state index contributed by atoms with van der Waals surface area (Å²) in [5, 5.41) is 11.3. The van der Waals surface area contributed by atoms with E-state index in [0.717, 1.165) is 22.1 Å². The molecule has 0 radical (unpaired) electrons. The van der Waals surface area contributed by atoms with Gasteiger partial charge in [-0.25, -0.2) is 5.01 Å². The lowest BCUT2D eigenvalue weighted by Crippen LogP contribution is -2.52. The highest BCUT2D eigenvalue weighted by Crippen LogP contribution is 2.21. The molecule has 2 aromatic rings. The van der Waals surface area contributed by atoms with Gasteiger partial charge in [0.25, 0.3) is 5.91 Å². The van der Waals surface area contributed by atoms with Crippen LogP contribution in [0, 0.1) is 0 Å². The van der Waals surface area contributed by atoms with E-state index in [1.54, 1.807) is 11.3 Å². The van der Waals surface area contributed by atoms with Gasteiger partial charge in [0.2, 0.25) is 0 Å². The van der Waals surface area contributed by atoms with Crippen LogP contribution in [-0.4, -0.2) is 28.0 Å². The van der Waals surface area contributed by atoms with Crippen molar-refractivity contribution in [3.8, 4) is 0 Å². The number of para-hydroxylation sites is 1. The summed E-state index contributed by atoms with van der Waals surface area (Å²) in [6.45, 7) is 2.02. The molecule has 1 atom stereocenters. The summed E-state index contributed by atoms with van der Waals surface area (Å²) < 4.78 is 5.34. The van der Waals surface area contributed by atoms with E-state index in [2.05, 4.69) is 10.4 Å². The first-order valence-electron chi connectivity index (χ1n) is 7.97. The lowest BCUT2D eigenvalue weighted by molar-refractivity contribution is -0.116. The minimum absolute atomic E-state index is 0.162. The van der Waals surface area contributed by atoms with E-state index in [-0.39, 0.29) is 5.91 Å². The molecule has 2 aliphatic rings. The van der Waals surface area contributed by atoms with Gasteiger partial charge < -0.3 is 4.42 Å². The molecule has 7 heteroatoms. The number of fused-ring (bicyclic) bond motifs is 2. The van der Waals surface area contributed by atoms with Crippen molar-refractivity contribution >= 4 is 34.6 Å². The van der Waals surface area contributed by atoms with Crippen molar-refractivity contribution in [2.45, 2.75) is 13.1 Å². The second kappa shape index (κ2) is 6.60. The van der Waals surface area contributed by atoms with Crippen LogP contribution >= 0.6 is 11.8 Å². The number of hydrogen-bond donors (Lipinski definition) is 1. The molecule has 25 heavy (non-hydrogen) atoms. The number of rotatable bonds is 3. The van der Waals surface area contributed by atoms with Gasteiger partial charge in [-0.05, 0) is 36.1 Å². The van der Waals surface area contributed by atoms with Gasteiger partial charge in [0.1, 0.15) is 11.5 Å². The predicted molar refractivity (Wildman–Crippen MR) is 97.7 cm³/mol. The normalized spacial score (nSPS) is 19.2. The van der Waals surface area contributed by atoms with Crippen LogP contribution < -0.4 is 15.9 Å². The Morgan fingerprint density at radius 2 is 2.20 bits per heavy atom. The van der Waals surface area contributed by atoms with Gasteiger partial charge in [-0.2, -0.15) is 0 Å². The minimum atomic E-state index is -0.409. The number of hydrazone groups is 1. The van der Waals surface area contributed by atoms with E-state index < -0.39 is 6.17 Å². The molecular weight excluding hydrogens is 336 g/mol. The van der Waals surface area contributed by atoms with E-state index in [1.165, 1.54) is 11.8 Å². The molecular formula is C18H16N4O2S. The molecule has 126 valence electrons. The maximum atomic E-state index is 12.7. The molecule has 2 aliphatic heterocycles. The number of furan rings is 1. The number of nitrogens with one attached hydrogen (secondary N) is 1. The quantitative estimate of drug-likeness (QED) is 0.909. The summed E-state index contributed by atoms with van der Waals surface area (Å²) in [5.74, 6) is 1.39. The van der Waals surface area contributed by atoms with Crippen LogP contribution in [0.3, 0.4) is 0 Å². The molecule has 3 heterocycles. The Morgan fingerprint density at radius 3 is 3.00 bits per heavy atom. The van der Waals surface area contributed by atoms with Crippen molar-refractivity contribution in [2.24, 2.45) is 10.1 Å². The summed E-state index contributed by atoms with van der Waals surface area (Å²) in [6.07, 6.45) is 4.93. The monoisotopic (exact) mass is 352 g/mol. The fraction of sp³-hybridized carbons (Fsp3) is 0.167. The lowest BCUT2D eigenvalue weighted by atomic mass is 10.1. The van der Waals surface area contributed by atoms with Gasteiger partial charge in [-0.3, -0.25) is 15.1 Å². The average Bonchev–Trinajstić information content (AvgIpc) is 3.13. The van der Waals surface area contributed by atoms with Crippen LogP contribution in [0.2, 0.25) is 0 Å². The molecule has 0 saturated carbocycles. The first-order valence-corrected chi connectivity index (χ1v) is 8.95. The summed E-state index contributed by atoms with van der Waals surface area (Å²) in [4.78, 5) is 17.4. The lowest BCUT2D eigenvalue weighted by Gasteiger charge is -2.32. The van der Waals surface area contributed by atoms with Crippen LogP contribution in [0.5, 0.6) is 0 Å². The van der Waals surface area contributed by atoms with E-state index in [9.17, 15) is 4.79 Å². The highest BCUT2D eigenvalue weighted by atomic mass is 32.2. The summed E-state index contributed by atoms with van der Waals surface area (Å²) in [7, 11) is 0. The van der Waals surface area contributed by atoms with Gasteiger partial charge in [0.05, 0.1) is 11.6 Å². The molecule has 1 aromatic heterocycles. The molecule has 0 unspecified atom stereocenters. The molecule has 1 amide bonds. The number of carbonyl (C=O) groups is 1. The van der Waals surface area contributed by atoms with E-state index in [1.807, 2.05) is 55.5 Å². The van der Waals surface area contributed by atoms with Crippen molar-refractivity contribution < 1.29 is 9.21 Å². The molecule has 0 spiro atoms. The molecule has 1 aromatic carbocycles. The van der Waals surface area contributed by atoms with Crippen molar-refractivity contribution in [1.82, 2.24) is 10.3 Å². The second-order valence-electron chi connectivity index (χ2n) is 5.42. The van der Waals surface area contributed by atoms with Crippen molar-refractivity contribution in [1.29, 1.82) is 0 Å². The van der Waals surface area contributed by atoms with Crippen LogP contribution in [0.1, 0.15) is 12.7 Å². The standard InChI is InChI=1S/C18H16N4O2S/c1-2-25-18-20-17(23)16-13-7-3-4-8-14(13)19-15(22(16)21-18)10-9-12-6-5-11-24-12/h3-11,15H,2H2,1H3,(H,20,21,23)/b10-9+/t15-/m0/s1. The number of amides is 1. The highest BCUT2D eigenvalue weighted by molar-refractivity contribution is 8.13. The molecule has 1 N–H and O–H groups in total. The first-order chi connectivity index (χ1) is 12.3. The molecule has 6 nitrogen and oxygen atoms in total. The van der Waals surface area contributed by atoms with Gasteiger partial charge in [-0.1, -0.05) is 36.9 Å². The number of amidine groups is 1. The number of nitrogens with zero attached hydrogens (tertiary/aromatic N) is 3. The maximum Gasteiger partial charge on any atom is 0.276 e. The largest absolute Gasteiger partial charge is 0.465 e. The fourth-order valence-corrected chi connectivity index (χ4v) is 3.33. The molecule has 0 fully saturated rings. The number of thioether (sulfide) groups is 1. The average molecular weight is 352 g/mol. The zero-order chi connectivity index (χ0) is 17.2. The molecule has 4 rings (SSSR count). The van der Waals surface area contributed by atoms with Crippen molar-refractivity contribution in [3.05, 3.63) is 65.1 Å². The Balaban J connectivity index is 1.84. The third kappa shape index (κ3) is 2.98. The Bertz CT molecular complexity index is 979. The smallest absolute Gasteiger partial charge is 0.276 e. The Morgan fingerprint density at radius 1 is 1.32 bits per heavy atom. The third-order valence-corrected chi connectivity index (χ3v) is 4.55. The van der Waals surface area contributed by atoms with Gasteiger partial charge in [0, 0.05) is 5.22 Å². The Kier molecular flexibility index (Phi) is 4.15. The van der Waals surface area contributed by atoms with Crippen molar-refractivity contribution in [2.75, 3.05) is 5.75 Å². The SMILES string of the molecule is CCSC1=NN2C(=c3ccccc3=N[C@@H]2/C=C/c2ccco2)C(=O)N1. The van der Waals surface area contributed by atoms with Crippen molar-refractivity contribution in [3.63, 3.8) is 0 Å². The molecule has 0 saturated heterocycles. The number of carbonyl (C=O) groups excluding carboxylic acids is 1. The Labute approximate surface area is 148 Å². The zero-order valence-electron chi connectivity index (χ0n) is 13.5. The second-order valence-corrected chi connectivity index (χ2v) is 6.67. The number of benzene rings is 1. The fourth-order valence-electron chi connectivity index (χ4n) is 2.75. The zero-order valence-corrected chi connectivity index (χ0v) is 14.4. The van der Waals surface area contributed by atoms with Gasteiger partial charge in [0.15, 0.2) is 11.3 Å². The summed E-state index contributed by atoms with van der Waals surface area (Å²) >= 11 is 1.49. The van der Waals surface area contributed by atoms with E-state index >= 15 is 0 Å². The third-order valence-electron chi connectivity index (χ3n) is 3.80. The van der Waals surface area contributed by atoms with Crippen LogP contribution in [0.4, 0.5) is 0 Å². The van der Waals surface area contributed by atoms with Crippen LogP contribution in [-0.2, 0) is 4.79 Å². The topological polar surface area (TPSA) is 70.2 Å². The predicted octanol–water partition coefficient (Wildman–Crippen LogP) is 1.52. The van der Waals surface area contributed by atoms with Crippen LogP contribution in [0.25, 0.3) is 11.8 Å². The molecule has 0 aliphatic carbocycles.